The molecule has 12 nitrogen and oxygen atoms in total. The van der Waals surface area contributed by atoms with E-state index >= 15 is 0 Å². The molecule has 188 valence electrons. The Balaban J connectivity index is 1.40. The SMILES string of the molecule is COc1ccc2c(cnn2-c2nc(N3CCN(c4ccc(O)cc4)CC3)nc3c2ncn3CC(=O)O)c1. The number of ether oxygens (including phenoxy) is 1. The van der Waals surface area contributed by atoms with Crippen molar-refractivity contribution in [2.75, 3.05) is 43.1 Å². The lowest BCUT2D eigenvalue weighted by Gasteiger charge is -2.36. The van der Waals surface area contributed by atoms with Gasteiger partial charge in [0.15, 0.2) is 17.0 Å². The van der Waals surface area contributed by atoms with Crippen molar-refractivity contribution in [2.24, 2.45) is 0 Å². The van der Waals surface area contributed by atoms with Crippen LogP contribution in [-0.2, 0) is 11.3 Å². The number of nitrogens with zero attached hydrogens (tertiary/aromatic N) is 8. The molecular weight excluding hydrogens is 476 g/mol. The molecule has 0 amide bonds. The van der Waals surface area contributed by atoms with Gasteiger partial charge in [0.2, 0.25) is 5.95 Å². The molecule has 2 aromatic carbocycles. The Labute approximate surface area is 211 Å². The summed E-state index contributed by atoms with van der Waals surface area (Å²) >= 11 is 0. The van der Waals surface area contributed by atoms with E-state index in [1.165, 1.54) is 10.9 Å². The minimum Gasteiger partial charge on any atom is -0.508 e. The number of imidazole rings is 1. The van der Waals surface area contributed by atoms with Gasteiger partial charge in [-0.3, -0.25) is 4.79 Å². The number of phenolic OH excluding ortho intramolecular Hbond substituents is 1. The van der Waals surface area contributed by atoms with Gasteiger partial charge >= 0.3 is 5.97 Å². The van der Waals surface area contributed by atoms with Gasteiger partial charge in [0, 0.05) is 37.3 Å². The number of carboxylic acids is 1. The molecule has 1 aliphatic rings. The predicted molar refractivity (Wildman–Crippen MR) is 137 cm³/mol. The van der Waals surface area contributed by atoms with Crippen molar-refractivity contribution in [3.05, 3.63) is 55.0 Å². The molecule has 1 fully saturated rings. The first-order valence-electron chi connectivity index (χ1n) is 11.8. The van der Waals surface area contributed by atoms with E-state index in [0.29, 0.717) is 36.0 Å². The van der Waals surface area contributed by atoms with Crippen LogP contribution in [0.2, 0.25) is 0 Å². The fourth-order valence-electron chi connectivity index (χ4n) is 4.60. The maximum absolute atomic E-state index is 11.5. The van der Waals surface area contributed by atoms with Gasteiger partial charge in [-0.25, -0.2) is 9.67 Å². The molecule has 0 radical (unpaired) electrons. The molecule has 12 heteroatoms. The van der Waals surface area contributed by atoms with E-state index in [-0.39, 0.29) is 12.3 Å². The largest absolute Gasteiger partial charge is 0.508 e. The van der Waals surface area contributed by atoms with E-state index in [2.05, 4.69) is 19.9 Å². The van der Waals surface area contributed by atoms with Crippen LogP contribution in [-0.4, -0.2) is 78.8 Å². The third kappa shape index (κ3) is 4.11. The molecule has 0 saturated carbocycles. The lowest BCUT2D eigenvalue weighted by Crippen LogP contribution is -2.47. The highest BCUT2D eigenvalue weighted by Gasteiger charge is 2.24. The fraction of sp³-hybridized carbons (Fsp3) is 0.240. The van der Waals surface area contributed by atoms with Crippen molar-refractivity contribution in [2.45, 2.75) is 6.54 Å². The molecule has 1 aliphatic heterocycles. The summed E-state index contributed by atoms with van der Waals surface area (Å²) in [6.45, 7) is 2.53. The molecule has 0 spiro atoms. The van der Waals surface area contributed by atoms with Gasteiger partial charge in [-0.05, 0) is 42.5 Å². The van der Waals surface area contributed by atoms with E-state index in [0.717, 1.165) is 35.4 Å². The summed E-state index contributed by atoms with van der Waals surface area (Å²) < 4.78 is 8.54. The van der Waals surface area contributed by atoms with Crippen molar-refractivity contribution in [1.29, 1.82) is 0 Å². The first kappa shape index (κ1) is 22.6. The molecule has 5 aromatic rings. The number of piperazine rings is 1. The third-order valence-electron chi connectivity index (χ3n) is 6.49. The summed E-state index contributed by atoms with van der Waals surface area (Å²) in [6.07, 6.45) is 3.20. The third-order valence-corrected chi connectivity index (χ3v) is 6.49. The quantitative estimate of drug-likeness (QED) is 0.358. The van der Waals surface area contributed by atoms with Crippen LogP contribution in [0.25, 0.3) is 27.9 Å². The number of rotatable bonds is 6. The monoisotopic (exact) mass is 500 g/mol. The molecule has 4 heterocycles. The number of aliphatic carboxylic acids is 1. The molecule has 1 saturated heterocycles. The van der Waals surface area contributed by atoms with Crippen LogP contribution in [0.4, 0.5) is 11.6 Å². The predicted octanol–water partition coefficient (Wildman–Crippen LogP) is 2.29. The second-order valence-corrected chi connectivity index (χ2v) is 8.76. The number of aromatic hydroxyl groups is 1. The van der Waals surface area contributed by atoms with E-state index in [1.54, 1.807) is 30.1 Å². The van der Waals surface area contributed by atoms with Crippen molar-refractivity contribution in [3.8, 4) is 17.3 Å². The second kappa shape index (κ2) is 8.97. The Bertz CT molecular complexity index is 1600. The van der Waals surface area contributed by atoms with E-state index < -0.39 is 5.97 Å². The second-order valence-electron chi connectivity index (χ2n) is 8.76. The lowest BCUT2D eigenvalue weighted by atomic mass is 10.2. The average Bonchev–Trinajstić information content (AvgIpc) is 3.52. The maximum Gasteiger partial charge on any atom is 0.323 e. The highest BCUT2D eigenvalue weighted by Crippen LogP contribution is 2.28. The summed E-state index contributed by atoms with van der Waals surface area (Å²) in [5, 5.41) is 24.4. The van der Waals surface area contributed by atoms with Crippen molar-refractivity contribution >= 4 is 39.7 Å². The van der Waals surface area contributed by atoms with Crippen molar-refractivity contribution in [1.82, 2.24) is 29.3 Å². The summed E-state index contributed by atoms with van der Waals surface area (Å²) in [5.74, 6) is 0.930. The van der Waals surface area contributed by atoms with Gasteiger partial charge in [0.25, 0.3) is 0 Å². The number of anilines is 2. The number of benzene rings is 2. The smallest absolute Gasteiger partial charge is 0.323 e. The Morgan fingerprint density at radius 2 is 1.78 bits per heavy atom. The zero-order valence-corrected chi connectivity index (χ0v) is 20.0. The molecule has 3 aromatic heterocycles. The van der Waals surface area contributed by atoms with E-state index in [9.17, 15) is 15.0 Å². The Morgan fingerprint density at radius 1 is 1.03 bits per heavy atom. The molecule has 37 heavy (non-hydrogen) atoms. The summed E-state index contributed by atoms with van der Waals surface area (Å²) in [5.41, 5.74) is 2.75. The minimum atomic E-state index is -0.986. The first-order valence-corrected chi connectivity index (χ1v) is 11.8. The molecule has 0 aliphatic carbocycles. The minimum absolute atomic E-state index is 0.235. The van der Waals surface area contributed by atoms with Crippen LogP contribution < -0.4 is 14.5 Å². The van der Waals surface area contributed by atoms with Crippen LogP contribution in [0, 0.1) is 0 Å². The van der Waals surface area contributed by atoms with Crippen LogP contribution >= 0.6 is 0 Å². The standard InChI is InChI=1S/C25H24N8O4/c1-37-19-6-7-20-16(12-19)13-27-33(20)24-22-23(32(15-26-22)14-21(35)36)28-25(29-24)31-10-8-30(9-11-31)17-2-4-18(34)5-3-17/h2-7,12-13,15,34H,8-11,14H2,1H3,(H,35,36). The Hall–Kier alpha value is -4.87. The zero-order chi connectivity index (χ0) is 25.5. The first-order chi connectivity index (χ1) is 18.0. The zero-order valence-electron chi connectivity index (χ0n) is 20.0. The number of carboxylic acid groups (broad SMARTS) is 1. The normalized spacial score (nSPS) is 14.0. The van der Waals surface area contributed by atoms with Gasteiger partial charge in [0.1, 0.15) is 18.0 Å². The van der Waals surface area contributed by atoms with Gasteiger partial charge < -0.3 is 29.3 Å². The average molecular weight is 501 g/mol. The van der Waals surface area contributed by atoms with E-state index in [4.69, 9.17) is 14.7 Å². The molecule has 0 atom stereocenters. The maximum atomic E-state index is 11.5. The van der Waals surface area contributed by atoms with Crippen molar-refractivity contribution in [3.63, 3.8) is 0 Å². The number of aromatic nitrogens is 6. The van der Waals surface area contributed by atoms with E-state index in [1.807, 2.05) is 30.3 Å². The number of fused-ring (bicyclic) bond motifs is 2. The highest BCUT2D eigenvalue weighted by molar-refractivity contribution is 5.87. The van der Waals surface area contributed by atoms with Crippen molar-refractivity contribution < 1.29 is 19.7 Å². The topological polar surface area (TPSA) is 135 Å². The number of hydrogen-bond donors (Lipinski definition) is 2. The van der Waals surface area contributed by atoms with Gasteiger partial charge in [-0.2, -0.15) is 15.1 Å². The fourth-order valence-corrected chi connectivity index (χ4v) is 4.60. The van der Waals surface area contributed by atoms with Crippen LogP contribution in [0.1, 0.15) is 0 Å². The molecule has 2 N–H and O–H groups in total. The van der Waals surface area contributed by atoms with Crippen LogP contribution in [0.3, 0.4) is 0 Å². The molecular formula is C25H24N8O4. The molecule has 6 rings (SSSR count). The Morgan fingerprint density at radius 3 is 2.51 bits per heavy atom. The molecule has 0 unspecified atom stereocenters. The lowest BCUT2D eigenvalue weighted by molar-refractivity contribution is -0.137. The highest BCUT2D eigenvalue weighted by atomic mass is 16.5. The molecule has 0 bridgehead atoms. The summed E-state index contributed by atoms with van der Waals surface area (Å²) in [4.78, 5) is 29.9. The number of carbonyl (C=O) groups is 1. The summed E-state index contributed by atoms with van der Waals surface area (Å²) in [7, 11) is 1.61. The van der Waals surface area contributed by atoms with Gasteiger partial charge in [-0.1, -0.05) is 0 Å². The number of phenols is 1. The number of hydrogen-bond acceptors (Lipinski definition) is 9. The number of methoxy groups -OCH3 is 1. The Kier molecular flexibility index (Phi) is 5.48. The van der Waals surface area contributed by atoms with Crippen LogP contribution in [0.5, 0.6) is 11.5 Å². The van der Waals surface area contributed by atoms with Gasteiger partial charge in [0.05, 0.1) is 25.2 Å². The van der Waals surface area contributed by atoms with Gasteiger partial charge in [-0.15, -0.1) is 0 Å². The van der Waals surface area contributed by atoms with Crippen LogP contribution in [0.15, 0.2) is 55.0 Å². The summed E-state index contributed by atoms with van der Waals surface area (Å²) in [6, 6.07) is 12.8.